The van der Waals surface area contributed by atoms with Crippen LogP contribution in [0.5, 0.6) is 0 Å². The Hall–Kier alpha value is -4.07. The van der Waals surface area contributed by atoms with Crippen molar-refractivity contribution in [3.63, 3.8) is 0 Å². The van der Waals surface area contributed by atoms with E-state index >= 15 is 0 Å². The maximum absolute atomic E-state index is 12.9. The van der Waals surface area contributed by atoms with Crippen LogP contribution < -0.4 is 16.0 Å². The average molecular weight is 479 g/mol. The van der Waals surface area contributed by atoms with Crippen LogP contribution in [0.2, 0.25) is 0 Å². The number of carbonyl (C=O) groups is 1. The van der Waals surface area contributed by atoms with E-state index in [-0.39, 0.29) is 5.91 Å². The fraction of sp³-hybridized carbons (Fsp3) is 0.207. The minimum Gasteiger partial charge on any atom is -0.324 e. The molecular weight excluding hydrogens is 448 g/mol. The molecule has 1 amide bonds. The summed E-state index contributed by atoms with van der Waals surface area (Å²) in [5, 5.41) is 9.68. The van der Waals surface area contributed by atoms with E-state index in [4.69, 9.17) is 0 Å². The van der Waals surface area contributed by atoms with E-state index in [2.05, 4.69) is 30.8 Å². The molecule has 0 radical (unpaired) electrons. The fourth-order valence-electron chi connectivity index (χ4n) is 4.24. The number of rotatable bonds is 7. The molecule has 3 N–H and O–H groups in total. The quantitative estimate of drug-likeness (QED) is 0.352. The second kappa shape index (κ2) is 11.1. The number of benzene rings is 3. The summed E-state index contributed by atoms with van der Waals surface area (Å²) < 4.78 is 0. The number of aryl methyl sites for hydroxylation is 1. The molecule has 7 nitrogen and oxygen atoms in total. The van der Waals surface area contributed by atoms with Crippen molar-refractivity contribution in [3.8, 4) is 11.3 Å². The van der Waals surface area contributed by atoms with Crippen LogP contribution in [-0.4, -0.2) is 47.0 Å². The average Bonchev–Trinajstić information content (AvgIpc) is 2.92. The van der Waals surface area contributed by atoms with Crippen LogP contribution in [-0.2, 0) is 6.54 Å². The summed E-state index contributed by atoms with van der Waals surface area (Å²) in [7, 11) is 0. The lowest BCUT2D eigenvalue weighted by molar-refractivity contribution is 0.102. The monoisotopic (exact) mass is 478 g/mol. The Balaban J connectivity index is 1.25. The summed E-state index contributed by atoms with van der Waals surface area (Å²) in [5.41, 5.74) is 6.29. The van der Waals surface area contributed by atoms with Gasteiger partial charge in [0.15, 0.2) is 0 Å². The molecule has 0 spiro atoms. The van der Waals surface area contributed by atoms with E-state index in [1.165, 1.54) is 5.56 Å². The number of amides is 1. The Bertz CT molecular complexity index is 1320. The van der Waals surface area contributed by atoms with Crippen molar-refractivity contribution in [2.24, 2.45) is 0 Å². The van der Waals surface area contributed by atoms with Gasteiger partial charge in [0.1, 0.15) is 0 Å². The van der Waals surface area contributed by atoms with Crippen LogP contribution in [0.4, 0.5) is 17.3 Å². The summed E-state index contributed by atoms with van der Waals surface area (Å²) in [6.45, 7) is 7.06. The first kappa shape index (κ1) is 23.7. The standard InChI is InChI=1S/C29H30N6O/c1-21-7-12-25(19-27(21)34-29-31-14-13-26(33-29)23-5-3-2-4-6-23)32-28(36)24-10-8-22(9-11-24)20-35-17-15-30-16-18-35/h2-14,19,30H,15-18,20H2,1H3,(H,32,36)(H,31,33,34). The highest BCUT2D eigenvalue weighted by Crippen LogP contribution is 2.25. The van der Waals surface area contributed by atoms with E-state index in [1.807, 2.05) is 85.8 Å². The number of nitrogens with zero attached hydrogens (tertiary/aromatic N) is 3. The number of piperazine rings is 1. The van der Waals surface area contributed by atoms with Gasteiger partial charge in [0.05, 0.1) is 5.69 Å². The molecule has 4 aromatic rings. The summed E-state index contributed by atoms with van der Waals surface area (Å²) in [5.74, 6) is 0.365. The Labute approximate surface area is 211 Å². The van der Waals surface area contributed by atoms with Crippen molar-refractivity contribution in [2.75, 3.05) is 36.8 Å². The molecule has 1 fully saturated rings. The van der Waals surface area contributed by atoms with Crippen LogP contribution in [0.15, 0.2) is 85.1 Å². The van der Waals surface area contributed by atoms with Crippen molar-refractivity contribution >= 4 is 23.2 Å². The summed E-state index contributed by atoms with van der Waals surface area (Å²) in [6.07, 6.45) is 1.74. The summed E-state index contributed by atoms with van der Waals surface area (Å²) >= 11 is 0. The van der Waals surface area contributed by atoms with Gasteiger partial charge in [-0.15, -0.1) is 0 Å². The Morgan fingerprint density at radius 3 is 2.53 bits per heavy atom. The molecule has 1 aromatic heterocycles. The zero-order chi connectivity index (χ0) is 24.7. The number of hydrogen-bond acceptors (Lipinski definition) is 6. The van der Waals surface area contributed by atoms with E-state index < -0.39 is 0 Å². The maximum atomic E-state index is 12.9. The molecule has 0 aliphatic carbocycles. The number of carbonyl (C=O) groups excluding carboxylic acids is 1. The highest BCUT2D eigenvalue weighted by atomic mass is 16.1. The lowest BCUT2D eigenvalue weighted by atomic mass is 10.1. The molecule has 0 unspecified atom stereocenters. The zero-order valence-corrected chi connectivity index (χ0v) is 20.4. The Morgan fingerprint density at radius 1 is 0.972 bits per heavy atom. The van der Waals surface area contributed by atoms with Crippen LogP contribution >= 0.6 is 0 Å². The predicted octanol–water partition coefficient (Wildman–Crippen LogP) is 4.85. The Morgan fingerprint density at radius 2 is 1.75 bits per heavy atom. The lowest BCUT2D eigenvalue weighted by Gasteiger charge is -2.27. The molecule has 182 valence electrons. The van der Waals surface area contributed by atoms with Crippen molar-refractivity contribution in [1.82, 2.24) is 20.2 Å². The van der Waals surface area contributed by atoms with Crippen LogP contribution in [0.1, 0.15) is 21.5 Å². The molecule has 0 atom stereocenters. The summed E-state index contributed by atoms with van der Waals surface area (Å²) in [4.78, 5) is 24.3. The number of aromatic nitrogens is 2. The van der Waals surface area contributed by atoms with Crippen molar-refractivity contribution < 1.29 is 4.79 Å². The molecule has 3 aromatic carbocycles. The van der Waals surface area contributed by atoms with Gasteiger partial charge in [-0.05, 0) is 48.4 Å². The predicted molar refractivity (Wildman–Crippen MR) is 144 cm³/mol. The second-order valence-corrected chi connectivity index (χ2v) is 8.96. The van der Waals surface area contributed by atoms with E-state index in [0.717, 1.165) is 55.2 Å². The molecule has 1 aliphatic rings. The van der Waals surface area contributed by atoms with Gasteiger partial charge in [0.25, 0.3) is 5.91 Å². The third kappa shape index (κ3) is 5.94. The Kier molecular flexibility index (Phi) is 7.30. The summed E-state index contributed by atoms with van der Waals surface area (Å²) in [6, 6.07) is 25.5. The van der Waals surface area contributed by atoms with Crippen molar-refractivity contribution in [2.45, 2.75) is 13.5 Å². The largest absolute Gasteiger partial charge is 0.324 e. The van der Waals surface area contributed by atoms with E-state index in [0.29, 0.717) is 17.2 Å². The van der Waals surface area contributed by atoms with Gasteiger partial charge >= 0.3 is 0 Å². The smallest absolute Gasteiger partial charge is 0.255 e. The third-order valence-corrected chi connectivity index (χ3v) is 6.30. The van der Waals surface area contributed by atoms with E-state index in [1.54, 1.807) is 6.20 Å². The van der Waals surface area contributed by atoms with Gasteiger partial charge in [-0.3, -0.25) is 9.69 Å². The van der Waals surface area contributed by atoms with Gasteiger partial charge < -0.3 is 16.0 Å². The molecule has 1 saturated heterocycles. The van der Waals surface area contributed by atoms with Gasteiger partial charge in [-0.2, -0.15) is 0 Å². The number of hydrogen-bond donors (Lipinski definition) is 3. The molecule has 2 heterocycles. The first-order valence-electron chi connectivity index (χ1n) is 12.2. The van der Waals surface area contributed by atoms with Gasteiger partial charge in [0.2, 0.25) is 5.95 Å². The first-order chi connectivity index (χ1) is 17.6. The minimum absolute atomic E-state index is 0.138. The molecule has 0 saturated carbocycles. The fourth-order valence-corrected chi connectivity index (χ4v) is 4.24. The maximum Gasteiger partial charge on any atom is 0.255 e. The van der Waals surface area contributed by atoms with Gasteiger partial charge in [0, 0.05) is 61.4 Å². The highest BCUT2D eigenvalue weighted by molar-refractivity contribution is 6.04. The van der Waals surface area contributed by atoms with E-state index in [9.17, 15) is 4.79 Å². The van der Waals surface area contributed by atoms with Crippen LogP contribution in [0.3, 0.4) is 0 Å². The van der Waals surface area contributed by atoms with Crippen LogP contribution in [0, 0.1) is 6.92 Å². The molecule has 5 rings (SSSR count). The zero-order valence-electron chi connectivity index (χ0n) is 20.4. The topological polar surface area (TPSA) is 82.2 Å². The number of anilines is 3. The second-order valence-electron chi connectivity index (χ2n) is 8.96. The SMILES string of the molecule is Cc1ccc(NC(=O)c2ccc(CN3CCNCC3)cc2)cc1Nc1nccc(-c2ccccc2)n1. The van der Waals surface area contributed by atoms with Crippen LogP contribution in [0.25, 0.3) is 11.3 Å². The van der Waals surface area contributed by atoms with Gasteiger partial charge in [-0.25, -0.2) is 9.97 Å². The van der Waals surface area contributed by atoms with Gasteiger partial charge in [-0.1, -0.05) is 48.5 Å². The molecular formula is C29H30N6O. The first-order valence-corrected chi connectivity index (χ1v) is 12.2. The third-order valence-electron chi connectivity index (χ3n) is 6.30. The molecule has 0 bridgehead atoms. The molecule has 36 heavy (non-hydrogen) atoms. The van der Waals surface area contributed by atoms with Crippen molar-refractivity contribution in [3.05, 3.63) is 102 Å². The number of nitrogens with one attached hydrogen (secondary N) is 3. The lowest BCUT2D eigenvalue weighted by Crippen LogP contribution is -2.42. The molecule has 7 heteroatoms. The normalized spacial score (nSPS) is 13.8. The van der Waals surface area contributed by atoms with Crippen molar-refractivity contribution in [1.29, 1.82) is 0 Å². The minimum atomic E-state index is -0.138. The molecule has 1 aliphatic heterocycles. The highest BCUT2D eigenvalue weighted by Gasteiger charge is 2.12.